The number of fused-ring (bicyclic) bond motifs is 4. The Morgan fingerprint density at radius 1 is 0.839 bits per heavy atom. The Balaban J connectivity index is 1.75. The largest absolute Gasteiger partial charge is 0.228 e. The van der Waals surface area contributed by atoms with Crippen LogP contribution in [-0.2, 0) is 12.8 Å². The Labute approximate surface area is 189 Å². The molecule has 0 saturated heterocycles. The minimum Gasteiger partial charge on any atom is -0.228 e. The molecule has 0 saturated carbocycles. The first kappa shape index (κ1) is 18.5. The fourth-order valence-electron chi connectivity index (χ4n) is 4.73. The van der Waals surface area contributed by atoms with Crippen LogP contribution in [0, 0.1) is 6.92 Å². The standard InChI is InChI=1S/C27H20BrN3/c1-17-24-25(19-11-14-20(28)15-12-19)23-16-13-18-7-5-6-10-22(18)26(23)29-27(24)31(30-17)21-8-3-2-4-9-21/h2-12,14-15H,13,16H2,1H3. The molecule has 5 aromatic rings. The first-order valence-electron chi connectivity index (χ1n) is 10.5. The van der Waals surface area contributed by atoms with E-state index in [-0.39, 0.29) is 0 Å². The van der Waals surface area contributed by atoms with Gasteiger partial charge in [-0.1, -0.05) is 70.5 Å². The highest BCUT2D eigenvalue weighted by atomic mass is 79.9. The Kier molecular flexibility index (Phi) is 4.29. The molecule has 1 aliphatic carbocycles. The molecule has 0 amide bonds. The number of hydrogen-bond acceptors (Lipinski definition) is 2. The highest BCUT2D eigenvalue weighted by molar-refractivity contribution is 9.10. The first-order valence-corrected chi connectivity index (χ1v) is 11.3. The summed E-state index contributed by atoms with van der Waals surface area (Å²) < 4.78 is 3.07. The molecule has 3 aromatic carbocycles. The summed E-state index contributed by atoms with van der Waals surface area (Å²) in [7, 11) is 0. The van der Waals surface area contributed by atoms with Crippen molar-refractivity contribution in [2.24, 2.45) is 0 Å². The van der Waals surface area contributed by atoms with Crippen LogP contribution >= 0.6 is 15.9 Å². The van der Waals surface area contributed by atoms with Crippen molar-refractivity contribution in [1.82, 2.24) is 14.8 Å². The lowest BCUT2D eigenvalue weighted by Crippen LogP contribution is -2.09. The van der Waals surface area contributed by atoms with Crippen molar-refractivity contribution >= 4 is 27.0 Å². The second kappa shape index (κ2) is 7.17. The van der Waals surface area contributed by atoms with Gasteiger partial charge in [0, 0.05) is 10.0 Å². The summed E-state index contributed by atoms with van der Waals surface area (Å²) in [5.41, 5.74) is 10.4. The number of aromatic nitrogens is 3. The van der Waals surface area contributed by atoms with E-state index in [9.17, 15) is 0 Å². The molecule has 6 rings (SSSR count). The molecule has 0 N–H and O–H groups in total. The summed E-state index contributed by atoms with van der Waals surface area (Å²) in [6.45, 7) is 2.09. The van der Waals surface area contributed by atoms with Crippen LogP contribution in [0.25, 0.3) is 39.1 Å². The summed E-state index contributed by atoms with van der Waals surface area (Å²) in [6.07, 6.45) is 2.02. The number of aryl methyl sites for hydroxylation is 2. The fourth-order valence-corrected chi connectivity index (χ4v) is 5.00. The number of benzene rings is 3. The van der Waals surface area contributed by atoms with Gasteiger partial charge in [-0.15, -0.1) is 0 Å². The van der Waals surface area contributed by atoms with Crippen molar-refractivity contribution in [3.05, 3.63) is 100 Å². The van der Waals surface area contributed by atoms with Gasteiger partial charge < -0.3 is 0 Å². The lowest BCUT2D eigenvalue weighted by atomic mass is 9.83. The number of hydrogen-bond donors (Lipinski definition) is 0. The molecule has 0 radical (unpaired) electrons. The van der Waals surface area contributed by atoms with Crippen molar-refractivity contribution in [2.75, 3.05) is 0 Å². The van der Waals surface area contributed by atoms with Gasteiger partial charge in [0.15, 0.2) is 5.65 Å². The molecular weight excluding hydrogens is 446 g/mol. The molecule has 0 fully saturated rings. The quantitative estimate of drug-likeness (QED) is 0.283. The number of halogens is 1. The van der Waals surface area contributed by atoms with Gasteiger partial charge in [-0.25, -0.2) is 9.67 Å². The van der Waals surface area contributed by atoms with E-state index in [0.717, 1.165) is 45.4 Å². The zero-order chi connectivity index (χ0) is 20.9. The fraction of sp³-hybridized carbons (Fsp3) is 0.111. The van der Waals surface area contributed by atoms with Gasteiger partial charge in [0.2, 0.25) is 0 Å². The van der Waals surface area contributed by atoms with Crippen molar-refractivity contribution in [3.8, 4) is 28.1 Å². The van der Waals surface area contributed by atoms with E-state index in [1.165, 1.54) is 27.8 Å². The molecule has 0 unspecified atom stereocenters. The Hall–Kier alpha value is -3.24. The molecule has 0 spiro atoms. The number of pyridine rings is 1. The molecule has 0 aliphatic heterocycles. The molecule has 2 aromatic heterocycles. The minimum atomic E-state index is 0.914. The van der Waals surface area contributed by atoms with Gasteiger partial charge in [0.25, 0.3) is 0 Å². The van der Waals surface area contributed by atoms with E-state index >= 15 is 0 Å². The molecular formula is C27H20BrN3. The van der Waals surface area contributed by atoms with Crippen LogP contribution in [0.3, 0.4) is 0 Å². The maximum atomic E-state index is 5.25. The second-order valence-electron chi connectivity index (χ2n) is 8.01. The summed E-state index contributed by atoms with van der Waals surface area (Å²) >= 11 is 3.58. The topological polar surface area (TPSA) is 30.7 Å². The number of para-hydroxylation sites is 1. The maximum Gasteiger partial charge on any atom is 0.164 e. The summed E-state index contributed by atoms with van der Waals surface area (Å²) in [6, 6.07) is 27.6. The average molecular weight is 466 g/mol. The van der Waals surface area contributed by atoms with Crippen molar-refractivity contribution < 1.29 is 0 Å². The van der Waals surface area contributed by atoms with Crippen molar-refractivity contribution in [2.45, 2.75) is 19.8 Å². The van der Waals surface area contributed by atoms with Gasteiger partial charge >= 0.3 is 0 Å². The predicted molar refractivity (Wildman–Crippen MR) is 130 cm³/mol. The summed E-state index contributed by atoms with van der Waals surface area (Å²) in [5, 5.41) is 6.08. The molecule has 4 heteroatoms. The maximum absolute atomic E-state index is 5.25. The van der Waals surface area contributed by atoms with Crippen LogP contribution in [0.1, 0.15) is 16.8 Å². The van der Waals surface area contributed by atoms with E-state index in [4.69, 9.17) is 10.1 Å². The van der Waals surface area contributed by atoms with Crippen LogP contribution in [0.4, 0.5) is 0 Å². The Morgan fingerprint density at radius 2 is 1.58 bits per heavy atom. The monoisotopic (exact) mass is 465 g/mol. The van der Waals surface area contributed by atoms with Crippen LogP contribution in [0.2, 0.25) is 0 Å². The van der Waals surface area contributed by atoms with Crippen LogP contribution in [-0.4, -0.2) is 14.8 Å². The van der Waals surface area contributed by atoms with Crippen LogP contribution in [0.15, 0.2) is 83.3 Å². The molecule has 31 heavy (non-hydrogen) atoms. The molecule has 0 bridgehead atoms. The van der Waals surface area contributed by atoms with Gasteiger partial charge in [0.1, 0.15) is 0 Å². The molecule has 2 heterocycles. The van der Waals surface area contributed by atoms with E-state index in [2.05, 4.69) is 83.5 Å². The Bertz CT molecular complexity index is 1430. The van der Waals surface area contributed by atoms with E-state index in [1.54, 1.807) is 0 Å². The Morgan fingerprint density at radius 3 is 2.39 bits per heavy atom. The molecule has 150 valence electrons. The van der Waals surface area contributed by atoms with E-state index in [1.807, 2.05) is 22.9 Å². The van der Waals surface area contributed by atoms with Crippen molar-refractivity contribution in [3.63, 3.8) is 0 Å². The third-order valence-electron chi connectivity index (χ3n) is 6.14. The third kappa shape index (κ3) is 2.94. The zero-order valence-electron chi connectivity index (χ0n) is 17.1. The van der Waals surface area contributed by atoms with E-state index in [0.29, 0.717) is 0 Å². The van der Waals surface area contributed by atoms with E-state index < -0.39 is 0 Å². The highest BCUT2D eigenvalue weighted by Gasteiger charge is 2.26. The number of rotatable bonds is 2. The summed E-state index contributed by atoms with van der Waals surface area (Å²) in [4.78, 5) is 5.25. The second-order valence-corrected chi connectivity index (χ2v) is 8.93. The van der Waals surface area contributed by atoms with Crippen LogP contribution in [0.5, 0.6) is 0 Å². The van der Waals surface area contributed by atoms with Crippen LogP contribution < -0.4 is 0 Å². The lowest BCUT2D eigenvalue weighted by molar-refractivity contribution is 0.875. The third-order valence-corrected chi connectivity index (χ3v) is 6.67. The minimum absolute atomic E-state index is 0.914. The van der Waals surface area contributed by atoms with Gasteiger partial charge in [-0.3, -0.25) is 0 Å². The number of nitrogens with zero attached hydrogens (tertiary/aromatic N) is 3. The van der Waals surface area contributed by atoms with Gasteiger partial charge in [0.05, 0.1) is 22.5 Å². The zero-order valence-corrected chi connectivity index (χ0v) is 18.7. The van der Waals surface area contributed by atoms with Gasteiger partial charge in [-0.2, -0.15) is 5.10 Å². The SMILES string of the molecule is Cc1nn(-c2ccccc2)c2nc3c(c(-c4ccc(Br)cc4)c12)CCc1ccccc1-3. The lowest BCUT2D eigenvalue weighted by Gasteiger charge is -2.23. The molecule has 3 nitrogen and oxygen atoms in total. The normalized spacial score (nSPS) is 12.6. The van der Waals surface area contributed by atoms with Crippen molar-refractivity contribution in [1.29, 1.82) is 0 Å². The predicted octanol–water partition coefficient (Wildman–Crippen LogP) is 6.92. The smallest absolute Gasteiger partial charge is 0.164 e. The first-order chi connectivity index (χ1) is 15.2. The molecule has 1 aliphatic rings. The highest BCUT2D eigenvalue weighted by Crippen LogP contribution is 2.43. The average Bonchev–Trinajstić information content (AvgIpc) is 3.15. The summed E-state index contributed by atoms with van der Waals surface area (Å²) in [5.74, 6) is 0. The van der Waals surface area contributed by atoms with Gasteiger partial charge in [-0.05, 0) is 66.3 Å². The molecule has 0 atom stereocenters.